The molecule has 21 heavy (non-hydrogen) atoms. The zero-order valence-electron chi connectivity index (χ0n) is 11.2. The molecule has 1 atom stereocenters. The van der Waals surface area contributed by atoms with Crippen LogP contribution in [0.2, 0.25) is 5.02 Å². The average Bonchev–Trinajstić information content (AvgIpc) is 2.47. The number of benzene rings is 1. The number of hydrogen-bond donors (Lipinski definition) is 0. The molecule has 114 valence electrons. The summed E-state index contributed by atoms with van der Waals surface area (Å²) in [6.07, 6.45) is 0.943. The first-order valence-corrected chi connectivity index (χ1v) is 7.92. The van der Waals surface area contributed by atoms with Crippen molar-refractivity contribution in [1.29, 1.82) is 0 Å². The number of carbonyl (C=O) groups excluding carboxylic acids is 1. The van der Waals surface area contributed by atoms with Crippen LogP contribution >= 0.6 is 23.4 Å². The molecule has 0 aliphatic carbocycles. The zero-order chi connectivity index (χ0) is 15.2. The highest BCUT2D eigenvalue weighted by Gasteiger charge is 2.20. The Morgan fingerprint density at radius 3 is 3.05 bits per heavy atom. The summed E-state index contributed by atoms with van der Waals surface area (Å²) in [4.78, 5) is 11.2. The van der Waals surface area contributed by atoms with Crippen molar-refractivity contribution in [2.45, 2.75) is 25.4 Å². The lowest BCUT2D eigenvalue weighted by molar-refractivity contribution is -0.104. The molecule has 1 aromatic carbocycles. The van der Waals surface area contributed by atoms with Crippen LogP contribution in [-0.2, 0) is 16.0 Å². The normalized spacial score (nSPS) is 18.7. The Balaban J connectivity index is 2.06. The van der Waals surface area contributed by atoms with E-state index in [1.807, 2.05) is 18.2 Å². The van der Waals surface area contributed by atoms with Crippen LogP contribution in [0.25, 0.3) is 0 Å². The predicted molar refractivity (Wildman–Crippen MR) is 81.1 cm³/mol. The molecule has 0 amide bonds. The number of ether oxygens (including phenoxy) is 1. The molecular weight excluding hydrogens is 318 g/mol. The number of allylic oxidation sites excluding steroid dienone is 1. The van der Waals surface area contributed by atoms with Gasteiger partial charge in [-0.3, -0.25) is 4.79 Å². The molecule has 1 aliphatic heterocycles. The van der Waals surface area contributed by atoms with E-state index >= 15 is 0 Å². The summed E-state index contributed by atoms with van der Waals surface area (Å²) < 4.78 is 30.0. The Morgan fingerprint density at radius 1 is 1.52 bits per heavy atom. The van der Waals surface area contributed by atoms with E-state index in [1.165, 1.54) is 5.56 Å². The second-order valence-electron chi connectivity index (χ2n) is 4.61. The number of carbonyl (C=O) groups is 1. The van der Waals surface area contributed by atoms with Crippen molar-refractivity contribution in [2.75, 3.05) is 12.4 Å². The molecule has 1 aliphatic rings. The van der Waals surface area contributed by atoms with Gasteiger partial charge in [-0.05, 0) is 36.1 Å². The number of fused-ring (bicyclic) bond motifs is 1. The second kappa shape index (κ2) is 7.92. The van der Waals surface area contributed by atoms with Crippen LogP contribution in [-0.4, -0.2) is 25.1 Å². The number of rotatable bonds is 6. The molecule has 1 unspecified atom stereocenters. The van der Waals surface area contributed by atoms with Gasteiger partial charge >= 0.3 is 0 Å². The Hall–Kier alpha value is -0.910. The van der Waals surface area contributed by atoms with Crippen LogP contribution in [0.1, 0.15) is 23.7 Å². The van der Waals surface area contributed by atoms with Gasteiger partial charge < -0.3 is 4.74 Å². The summed E-state index contributed by atoms with van der Waals surface area (Å²) in [5.74, 6) is -0.376. The smallest absolute Gasteiger partial charge is 0.247 e. The number of thioether (sulfide) groups is 1. The molecule has 0 saturated heterocycles. The van der Waals surface area contributed by atoms with Gasteiger partial charge in [-0.1, -0.05) is 23.7 Å². The number of halogens is 3. The average molecular weight is 333 g/mol. The Kier molecular flexibility index (Phi) is 6.21. The van der Waals surface area contributed by atoms with E-state index in [1.54, 1.807) is 6.08 Å². The first-order valence-electron chi connectivity index (χ1n) is 6.56. The van der Waals surface area contributed by atoms with E-state index in [4.69, 9.17) is 16.3 Å². The molecule has 2 rings (SSSR count). The fourth-order valence-corrected chi connectivity index (χ4v) is 2.99. The van der Waals surface area contributed by atoms with Gasteiger partial charge in [0.05, 0.1) is 18.5 Å². The van der Waals surface area contributed by atoms with Crippen molar-refractivity contribution in [1.82, 2.24) is 0 Å². The molecule has 1 heterocycles. The van der Waals surface area contributed by atoms with Gasteiger partial charge in [-0.2, -0.15) is 0 Å². The highest BCUT2D eigenvalue weighted by molar-refractivity contribution is 8.03. The van der Waals surface area contributed by atoms with E-state index in [0.717, 1.165) is 23.7 Å². The maximum Gasteiger partial charge on any atom is 0.247 e. The Morgan fingerprint density at radius 2 is 2.33 bits per heavy atom. The second-order valence-corrected chi connectivity index (χ2v) is 6.14. The molecule has 0 spiro atoms. The molecule has 1 aromatic rings. The van der Waals surface area contributed by atoms with Crippen LogP contribution in [0.4, 0.5) is 8.78 Å². The van der Waals surface area contributed by atoms with Crippen LogP contribution in [0.3, 0.4) is 0 Å². The van der Waals surface area contributed by atoms with Gasteiger partial charge in [0.15, 0.2) is 6.29 Å². The molecule has 0 fully saturated rings. The van der Waals surface area contributed by atoms with Crippen molar-refractivity contribution < 1.29 is 18.3 Å². The predicted octanol–water partition coefficient (Wildman–Crippen LogP) is 4.43. The topological polar surface area (TPSA) is 26.3 Å². The molecule has 0 aromatic heterocycles. The standard InChI is InChI=1S/C15H15ClF2O2S/c16-11-2-1-10-5-6-20-14(13(10)7-11)4-3-12(8-19)21-9-15(17)18/h1-3,7-8,14-15H,4-6,9H2/b12-3-. The fourth-order valence-electron chi connectivity index (χ4n) is 2.21. The molecule has 0 saturated carbocycles. The number of aldehydes is 1. The Bertz CT molecular complexity index is 534. The summed E-state index contributed by atoms with van der Waals surface area (Å²) in [7, 11) is 0. The van der Waals surface area contributed by atoms with E-state index in [2.05, 4.69) is 0 Å². The van der Waals surface area contributed by atoms with E-state index < -0.39 is 6.43 Å². The van der Waals surface area contributed by atoms with Crippen LogP contribution in [0, 0.1) is 0 Å². The molecule has 6 heteroatoms. The van der Waals surface area contributed by atoms with E-state index in [9.17, 15) is 13.6 Å². The maximum absolute atomic E-state index is 12.2. The third-order valence-electron chi connectivity index (χ3n) is 3.17. The largest absolute Gasteiger partial charge is 0.373 e. The monoisotopic (exact) mass is 332 g/mol. The third-order valence-corrected chi connectivity index (χ3v) is 4.42. The molecular formula is C15H15ClF2O2S. The van der Waals surface area contributed by atoms with Gasteiger partial charge in [-0.15, -0.1) is 11.8 Å². The van der Waals surface area contributed by atoms with Gasteiger partial charge in [0.2, 0.25) is 6.43 Å². The third kappa shape index (κ3) is 4.80. The SMILES string of the molecule is O=C/C(=C/CC1OCCc2ccc(Cl)cc21)SCC(F)F. The lowest BCUT2D eigenvalue weighted by atomic mass is 9.96. The van der Waals surface area contributed by atoms with Crippen molar-refractivity contribution in [3.8, 4) is 0 Å². The minimum atomic E-state index is -2.43. The summed E-state index contributed by atoms with van der Waals surface area (Å²) in [5, 5.41) is 0.635. The van der Waals surface area contributed by atoms with Crippen molar-refractivity contribution in [3.63, 3.8) is 0 Å². The summed E-state index contributed by atoms with van der Waals surface area (Å²) in [5.41, 5.74) is 2.19. The summed E-state index contributed by atoms with van der Waals surface area (Å²) >= 11 is 6.87. The molecule has 0 N–H and O–H groups in total. The van der Waals surface area contributed by atoms with Crippen LogP contribution < -0.4 is 0 Å². The van der Waals surface area contributed by atoms with Gasteiger partial charge in [0.25, 0.3) is 0 Å². The summed E-state index contributed by atoms with van der Waals surface area (Å²) in [6.45, 7) is 0.605. The highest BCUT2D eigenvalue weighted by Crippen LogP contribution is 2.32. The highest BCUT2D eigenvalue weighted by atomic mass is 35.5. The Labute approximate surface area is 131 Å². The van der Waals surface area contributed by atoms with Gasteiger partial charge in [-0.25, -0.2) is 8.78 Å². The van der Waals surface area contributed by atoms with Crippen LogP contribution in [0.5, 0.6) is 0 Å². The van der Waals surface area contributed by atoms with Crippen molar-refractivity contribution >= 4 is 29.6 Å². The van der Waals surface area contributed by atoms with E-state index in [-0.39, 0.29) is 11.9 Å². The maximum atomic E-state index is 12.2. The van der Waals surface area contributed by atoms with Gasteiger partial charge in [0, 0.05) is 9.93 Å². The van der Waals surface area contributed by atoms with Gasteiger partial charge in [0.1, 0.15) is 0 Å². The number of alkyl halides is 2. The first-order chi connectivity index (χ1) is 10.1. The quantitative estimate of drug-likeness (QED) is 0.569. The lowest BCUT2D eigenvalue weighted by Gasteiger charge is -2.25. The number of hydrogen-bond acceptors (Lipinski definition) is 3. The minimum absolute atomic E-state index is 0.186. The minimum Gasteiger partial charge on any atom is -0.373 e. The van der Waals surface area contributed by atoms with E-state index in [0.29, 0.717) is 29.2 Å². The molecule has 0 radical (unpaired) electrons. The lowest BCUT2D eigenvalue weighted by Crippen LogP contribution is -2.16. The zero-order valence-corrected chi connectivity index (χ0v) is 12.8. The first kappa shape index (κ1) is 16.5. The summed E-state index contributed by atoms with van der Waals surface area (Å²) in [6, 6.07) is 5.68. The fraction of sp³-hybridized carbons (Fsp3) is 0.400. The molecule has 0 bridgehead atoms. The van der Waals surface area contributed by atoms with Crippen molar-refractivity contribution in [3.05, 3.63) is 45.3 Å². The molecule has 2 nitrogen and oxygen atoms in total. The van der Waals surface area contributed by atoms with Crippen molar-refractivity contribution in [2.24, 2.45) is 0 Å². The van der Waals surface area contributed by atoms with Crippen LogP contribution in [0.15, 0.2) is 29.2 Å².